The molecule has 0 atom stereocenters. The molecule has 0 unspecified atom stereocenters. The van der Waals surface area contributed by atoms with Gasteiger partial charge >= 0.3 is 0 Å². The first-order valence-corrected chi connectivity index (χ1v) is 7.16. The van der Waals surface area contributed by atoms with Crippen molar-refractivity contribution in [1.82, 2.24) is 0 Å². The first kappa shape index (κ1) is 14.8. The fraction of sp³-hybridized carbons (Fsp3) is 0.583. The van der Waals surface area contributed by atoms with Crippen LogP contribution in [0.25, 0.3) is 0 Å². The molecule has 5 heteroatoms. The van der Waals surface area contributed by atoms with Gasteiger partial charge in [-0.15, -0.1) is 11.3 Å². The summed E-state index contributed by atoms with van der Waals surface area (Å²) in [7, 11) is 0. The van der Waals surface area contributed by atoms with Crippen LogP contribution >= 0.6 is 34.5 Å². The van der Waals surface area contributed by atoms with Crippen LogP contribution in [0, 0.1) is 0 Å². The molecular formula is C12H17Cl2NOS. The number of carbonyl (C=O) groups is 1. The molecule has 0 aliphatic heterocycles. The van der Waals surface area contributed by atoms with Crippen LogP contribution in [0.4, 0.5) is 5.69 Å². The van der Waals surface area contributed by atoms with E-state index in [1.807, 2.05) is 6.07 Å². The standard InChI is InChI=1S/C12H17Cl2NOS/c1-5-8-7(15-11(16)10(13)14)6-9(17-8)12(2,3)4/h6,10H,5H2,1-4H3,(H,15,16). The van der Waals surface area contributed by atoms with Crippen LogP contribution in [0.3, 0.4) is 0 Å². The van der Waals surface area contributed by atoms with Crippen LogP contribution in [0.15, 0.2) is 6.07 Å². The zero-order valence-corrected chi connectivity index (χ0v) is 12.8. The number of alkyl halides is 2. The third-order valence-electron chi connectivity index (χ3n) is 2.33. The fourth-order valence-corrected chi connectivity index (χ4v) is 2.58. The van der Waals surface area contributed by atoms with Crippen LogP contribution < -0.4 is 5.32 Å². The summed E-state index contributed by atoms with van der Waals surface area (Å²) in [5.74, 6) is -0.374. The van der Waals surface area contributed by atoms with Gasteiger partial charge in [0.1, 0.15) is 0 Å². The molecule has 0 aromatic carbocycles. The van der Waals surface area contributed by atoms with Crippen LogP contribution in [0.2, 0.25) is 0 Å². The number of nitrogens with one attached hydrogen (secondary N) is 1. The molecule has 1 heterocycles. The Bertz CT molecular complexity index is 407. The minimum absolute atomic E-state index is 0.0822. The Balaban J connectivity index is 2.99. The molecule has 1 aromatic heterocycles. The molecular weight excluding hydrogens is 277 g/mol. The minimum Gasteiger partial charge on any atom is -0.323 e. The molecule has 0 aliphatic rings. The molecule has 0 radical (unpaired) electrons. The van der Waals surface area contributed by atoms with E-state index >= 15 is 0 Å². The van der Waals surface area contributed by atoms with Crippen LogP contribution in [-0.4, -0.2) is 10.7 Å². The maximum Gasteiger partial charge on any atom is 0.257 e. The molecule has 0 spiro atoms. The van der Waals surface area contributed by atoms with E-state index in [9.17, 15) is 4.79 Å². The van der Waals surface area contributed by atoms with Gasteiger partial charge in [0.25, 0.3) is 5.91 Å². The van der Waals surface area contributed by atoms with Gasteiger partial charge in [0.05, 0.1) is 5.69 Å². The quantitative estimate of drug-likeness (QED) is 0.825. The molecule has 0 bridgehead atoms. The maximum atomic E-state index is 11.5. The Morgan fingerprint density at radius 3 is 2.47 bits per heavy atom. The van der Waals surface area contributed by atoms with Gasteiger partial charge in [-0.1, -0.05) is 50.9 Å². The molecule has 0 saturated carbocycles. The monoisotopic (exact) mass is 293 g/mol. The van der Waals surface area contributed by atoms with E-state index in [1.165, 1.54) is 4.88 Å². The average Bonchev–Trinajstić information content (AvgIpc) is 2.60. The normalized spacial score (nSPS) is 11.9. The highest BCUT2D eigenvalue weighted by atomic mass is 35.5. The summed E-state index contributed by atoms with van der Waals surface area (Å²) in [6.45, 7) is 8.51. The zero-order chi connectivity index (χ0) is 13.2. The Morgan fingerprint density at radius 1 is 1.47 bits per heavy atom. The zero-order valence-electron chi connectivity index (χ0n) is 10.4. The van der Waals surface area contributed by atoms with Gasteiger partial charge in [-0.3, -0.25) is 4.79 Å². The van der Waals surface area contributed by atoms with Crippen molar-refractivity contribution >= 4 is 46.1 Å². The van der Waals surface area contributed by atoms with Crippen molar-refractivity contribution in [3.63, 3.8) is 0 Å². The van der Waals surface area contributed by atoms with Crippen molar-refractivity contribution in [2.24, 2.45) is 0 Å². The van der Waals surface area contributed by atoms with Crippen molar-refractivity contribution in [3.8, 4) is 0 Å². The van der Waals surface area contributed by atoms with Crippen molar-refractivity contribution in [3.05, 3.63) is 15.8 Å². The molecule has 1 N–H and O–H groups in total. The van der Waals surface area contributed by atoms with Crippen LogP contribution in [0.1, 0.15) is 37.4 Å². The van der Waals surface area contributed by atoms with Gasteiger partial charge in [-0.2, -0.15) is 0 Å². The first-order chi connectivity index (χ1) is 7.75. The number of amides is 1. The number of rotatable bonds is 3. The largest absolute Gasteiger partial charge is 0.323 e. The lowest BCUT2D eigenvalue weighted by atomic mass is 9.94. The summed E-state index contributed by atoms with van der Waals surface area (Å²) in [5.41, 5.74) is 0.914. The first-order valence-electron chi connectivity index (χ1n) is 5.48. The molecule has 96 valence electrons. The van der Waals surface area contributed by atoms with Crippen molar-refractivity contribution in [2.45, 2.75) is 44.4 Å². The van der Waals surface area contributed by atoms with Gasteiger partial charge in [0.15, 0.2) is 4.84 Å². The van der Waals surface area contributed by atoms with Gasteiger partial charge in [-0.25, -0.2) is 0 Å². The van der Waals surface area contributed by atoms with Crippen molar-refractivity contribution < 1.29 is 4.79 Å². The number of thiophene rings is 1. The van der Waals surface area contributed by atoms with E-state index < -0.39 is 4.84 Å². The van der Waals surface area contributed by atoms with Crippen molar-refractivity contribution in [1.29, 1.82) is 0 Å². The second-order valence-electron chi connectivity index (χ2n) is 4.84. The Labute approximate surface area is 116 Å². The van der Waals surface area contributed by atoms with Crippen LogP contribution in [-0.2, 0) is 16.6 Å². The topological polar surface area (TPSA) is 29.1 Å². The molecule has 0 aliphatic carbocycles. The second-order valence-corrected chi connectivity index (χ2v) is 7.07. The maximum absolute atomic E-state index is 11.5. The van der Waals surface area contributed by atoms with Crippen molar-refractivity contribution in [2.75, 3.05) is 5.32 Å². The Kier molecular flexibility index (Phi) is 4.87. The SMILES string of the molecule is CCc1sc(C(C)(C)C)cc1NC(=O)C(Cl)Cl. The fourth-order valence-electron chi connectivity index (χ4n) is 1.35. The second kappa shape index (κ2) is 5.59. The summed E-state index contributed by atoms with van der Waals surface area (Å²) in [6, 6.07) is 2.01. The molecule has 1 aromatic rings. The van der Waals surface area contributed by atoms with E-state index in [0.717, 1.165) is 17.0 Å². The van der Waals surface area contributed by atoms with Gasteiger partial charge in [0, 0.05) is 9.75 Å². The van der Waals surface area contributed by atoms with E-state index in [0.29, 0.717) is 0 Å². The number of halogens is 2. The van der Waals surface area contributed by atoms with E-state index in [4.69, 9.17) is 23.2 Å². The van der Waals surface area contributed by atoms with E-state index in [-0.39, 0.29) is 11.3 Å². The molecule has 1 rings (SSSR count). The molecule has 0 saturated heterocycles. The van der Waals surface area contributed by atoms with Crippen LogP contribution in [0.5, 0.6) is 0 Å². The highest BCUT2D eigenvalue weighted by Crippen LogP contribution is 2.35. The summed E-state index contributed by atoms with van der Waals surface area (Å²) in [6.07, 6.45) is 0.881. The highest BCUT2D eigenvalue weighted by molar-refractivity contribution is 7.12. The number of hydrogen-bond donors (Lipinski definition) is 1. The predicted octanol–water partition coefficient (Wildman–Crippen LogP) is 4.35. The van der Waals surface area contributed by atoms with Gasteiger partial charge in [-0.05, 0) is 17.9 Å². The molecule has 0 fully saturated rings. The van der Waals surface area contributed by atoms with E-state index in [1.54, 1.807) is 11.3 Å². The summed E-state index contributed by atoms with van der Waals surface area (Å²) in [5, 5.41) is 2.76. The molecule has 1 amide bonds. The summed E-state index contributed by atoms with van der Waals surface area (Å²) in [4.78, 5) is 12.8. The van der Waals surface area contributed by atoms with Gasteiger partial charge in [0.2, 0.25) is 0 Å². The van der Waals surface area contributed by atoms with E-state index in [2.05, 4.69) is 33.0 Å². The summed E-state index contributed by atoms with van der Waals surface area (Å²) < 4.78 is 0. The predicted molar refractivity (Wildman–Crippen MR) is 76.5 cm³/mol. The van der Waals surface area contributed by atoms with Gasteiger partial charge < -0.3 is 5.32 Å². The number of anilines is 1. The third-order valence-corrected chi connectivity index (χ3v) is 4.43. The lowest BCUT2D eigenvalue weighted by Gasteiger charge is -2.15. The Morgan fingerprint density at radius 2 is 2.06 bits per heavy atom. The summed E-state index contributed by atoms with van der Waals surface area (Å²) >= 11 is 12.8. The smallest absolute Gasteiger partial charge is 0.257 e. The minimum atomic E-state index is -1.03. The Hall–Kier alpha value is -0.250. The molecule has 17 heavy (non-hydrogen) atoms. The third kappa shape index (κ3) is 3.87. The number of carbonyl (C=O) groups excluding carboxylic acids is 1. The molecule has 2 nitrogen and oxygen atoms in total. The lowest BCUT2D eigenvalue weighted by molar-refractivity contribution is -0.114. The number of aryl methyl sites for hydroxylation is 1. The highest BCUT2D eigenvalue weighted by Gasteiger charge is 2.21. The average molecular weight is 294 g/mol. The lowest BCUT2D eigenvalue weighted by Crippen LogP contribution is -2.18. The number of hydrogen-bond acceptors (Lipinski definition) is 2.